The van der Waals surface area contributed by atoms with Crippen LogP contribution in [-0.4, -0.2) is 11.1 Å². The monoisotopic (exact) mass is 204 g/mol. The van der Waals surface area contributed by atoms with Crippen molar-refractivity contribution < 1.29 is 9.90 Å². The van der Waals surface area contributed by atoms with E-state index < -0.39 is 5.97 Å². The minimum atomic E-state index is -0.908. The molecule has 0 aliphatic heterocycles. The van der Waals surface area contributed by atoms with Gasteiger partial charge in [-0.15, -0.1) is 0 Å². The second-order valence-electron chi connectivity index (χ2n) is 3.61. The van der Waals surface area contributed by atoms with Crippen LogP contribution in [0.2, 0.25) is 0 Å². The van der Waals surface area contributed by atoms with Gasteiger partial charge in [0.1, 0.15) is 0 Å². The number of rotatable bonds is 4. The molecule has 0 saturated heterocycles. The maximum Gasteiger partial charge on any atom is 0.328 e. The third kappa shape index (κ3) is 3.24. The van der Waals surface area contributed by atoms with Crippen LogP contribution in [0.1, 0.15) is 37.3 Å². The summed E-state index contributed by atoms with van der Waals surface area (Å²) >= 11 is 0. The summed E-state index contributed by atoms with van der Waals surface area (Å²) in [4.78, 5) is 10.4. The van der Waals surface area contributed by atoms with Gasteiger partial charge in [-0.1, -0.05) is 38.1 Å². The van der Waals surface area contributed by atoms with Gasteiger partial charge in [0.2, 0.25) is 0 Å². The van der Waals surface area contributed by atoms with Gasteiger partial charge in [-0.05, 0) is 29.5 Å². The Balaban J connectivity index is 3.01. The van der Waals surface area contributed by atoms with E-state index in [2.05, 4.69) is 19.9 Å². The molecule has 0 spiro atoms. The Labute approximate surface area is 90.3 Å². The van der Waals surface area contributed by atoms with Gasteiger partial charge >= 0.3 is 5.97 Å². The fourth-order valence-corrected chi connectivity index (χ4v) is 1.49. The molecule has 0 aromatic heterocycles. The second kappa shape index (κ2) is 5.35. The summed E-state index contributed by atoms with van der Waals surface area (Å²) in [6.45, 7) is 4.27. The van der Waals surface area contributed by atoms with Gasteiger partial charge in [0.15, 0.2) is 0 Å². The minimum Gasteiger partial charge on any atom is -0.478 e. The second-order valence-corrected chi connectivity index (χ2v) is 3.61. The molecule has 80 valence electrons. The van der Waals surface area contributed by atoms with Gasteiger partial charge in [-0.3, -0.25) is 0 Å². The van der Waals surface area contributed by atoms with Crippen molar-refractivity contribution in [3.05, 3.63) is 41.5 Å². The lowest BCUT2D eigenvalue weighted by atomic mass is 9.93. The molecule has 2 nitrogen and oxygen atoms in total. The first-order chi connectivity index (χ1) is 7.15. The van der Waals surface area contributed by atoms with Crippen molar-refractivity contribution in [2.24, 2.45) is 0 Å². The van der Waals surface area contributed by atoms with E-state index in [9.17, 15) is 4.79 Å². The van der Waals surface area contributed by atoms with Crippen LogP contribution in [0, 0.1) is 0 Å². The molecule has 0 saturated carbocycles. The maximum atomic E-state index is 10.4. The van der Waals surface area contributed by atoms with E-state index in [4.69, 9.17) is 5.11 Å². The maximum absolute atomic E-state index is 10.4. The van der Waals surface area contributed by atoms with Crippen LogP contribution in [0.25, 0.3) is 6.08 Å². The molecular weight excluding hydrogens is 188 g/mol. The van der Waals surface area contributed by atoms with Gasteiger partial charge in [0.05, 0.1) is 0 Å². The van der Waals surface area contributed by atoms with Crippen LogP contribution >= 0.6 is 0 Å². The van der Waals surface area contributed by atoms with Crippen molar-refractivity contribution in [3.8, 4) is 0 Å². The number of carbonyl (C=O) groups is 1. The van der Waals surface area contributed by atoms with E-state index >= 15 is 0 Å². The molecule has 15 heavy (non-hydrogen) atoms. The summed E-state index contributed by atoms with van der Waals surface area (Å²) in [5, 5.41) is 8.57. The average Bonchev–Trinajstić information content (AvgIpc) is 2.25. The van der Waals surface area contributed by atoms with Crippen molar-refractivity contribution >= 4 is 12.0 Å². The first-order valence-corrected chi connectivity index (χ1v) is 5.15. The molecule has 0 amide bonds. The fraction of sp³-hybridized carbons (Fsp3) is 0.308. The normalized spacial score (nSPS) is 12.9. The van der Waals surface area contributed by atoms with Crippen molar-refractivity contribution in [3.63, 3.8) is 0 Å². The first kappa shape index (κ1) is 11.5. The molecule has 1 atom stereocenters. The standard InChI is InChI=1S/C13H16O2/c1-3-10(2)12-7-5-4-6-11(12)8-9-13(14)15/h4-10H,3H2,1-2H3,(H,14,15). The van der Waals surface area contributed by atoms with Crippen LogP contribution < -0.4 is 0 Å². The predicted octanol–water partition coefficient (Wildman–Crippen LogP) is 3.30. The van der Waals surface area contributed by atoms with Crippen LogP contribution in [0.5, 0.6) is 0 Å². The van der Waals surface area contributed by atoms with Gasteiger partial charge in [0.25, 0.3) is 0 Å². The highest BCUT2D eigenvalue weighted by atomic mass is 16.4. The zero-order chi connectivity index (χ0) is 11.3. The molecule has 0 aliphatic carbocycles. The van der Waals surface area contributed by atoms with E-state index in [-0.39, 0.29) is 0 Å². The Bertz CT molecular complexity index is 367. The van der Waals surface area contributed by atoms with Crippen LogP contribution in [0.4, 0.5) is 0 Å². The van der Waals surface area contributed by atoms with Gasteiger partial charge in [0, 0.05) is 6.08 Å². The zero-order valence-electron chi connectivity index (χ0n) is 9.10. The molecule has 1 aromatic rings. The third-order valence-corrected chi connectivity index (χ3v) is 2.54. The van der Waals surface area contributed by atoms with Crippen LogP contribution in [-0.2, 0) is 4.79 Å². The molecule has 0 heterocycles. The molecule has 0 bridgehead atoms. The molecule has 1 aromatic carbocycles. The molecular formula is C13H16O2. The van der Waals surface area contributed by atoms with Crippen molar-refractivity contribution in [1.29, 1.82) is 0 Å². The fourth-order valence-electron chi connectivity index (χ4n) is 1.49. The lowest BCUT2D eigenvalue weighted by Crippen LogP contribution is -1.95. The smallest absolute Gasteiger partial charge is 0.328 e. The van der Waals surface area contributed by atoms with Gasteiger partial charge in [-0.25, -0.2) is 4.79 Å². The summed E-state index contributed by atoms with van der Waals surface area (Å²) in [6.07, 6.45) is 3.89. The Kier molecular flexibility index (Phi) is 4.10. The van der Waals surface area contributed by atoms with Crippen LogP contribution in [0.15, 0.2) is 30.3 Å². The molecule has 1 N–H and O–H groups in total. The van der Waals surface area contributed by atoms with E-state index in [1.807, 2.05) is 18.2 Å². The Morgan fingerprint density at radius 2 is 2.13 bits per heavy atom. The zero-order valence-corrected chi connectivity index (χ0v) is 9.10. The molecule has 0 aliphatic rings. The number of benzene rings is 1. The van der Waals surface area contributed by atoms with Crippen molar-refractivity contribution in [2.75, 3.05) is 0 Å². The number of aliphatic carboxylic acids is 1. The topological polar surface area (TPSA) is 37.3 Å². The number of hydrogen-bond acceptors (Lipinski definition) is 1. The largest absolute Gasteiger partial charge is 0.478 e. The summed E-state index contributed by atoms with van der Waals surface area (Å²) in [6, 6.07) is 7.91. The third-order valence-electron chi connectivity index (χ3n) is 2.54. The van der Waals surface area contributed by atoms with E-state index in [1.165, 1.54) is 11.6 Å². The van der Waals surface area contributed by atoms with Crippen molar-refractivity contribution in [2.45, 2.75) is 26.2 Å². The van der Waals surface area contributed by atoms with Crippen LogP contribution in [0.3, 0.4) is 0 Å². The highest BCUT2D eigenvalue weighted by molar-refractivity contribution is 5.85. The van der Waals surface area contributed by atoms with E-state index in [1.54, 1.807) is 6.08 Å². The molecule has 0 fully saturated rings. The summed E-state index contributed by atoms with van der Waals surface area (Å²) in [5.41, 5.74) is 2.20. The number of carboxylic acids is 1. The number of hydrogen-bond donors (Lipinski definition) is 1. The minimum absolute atomic E-state index is 0.458. The highest BCUT2D eigenvalue weighted by Crippen LogP contribution is 2.23. The Hall–Kier alpha value is -1.57. The van der Waals surface area contributed by atoms with Gasteiger partial charge < -0.3 is 5.11 Å². The summed E-state index contributed by atoms with van der Waals surface area (Å²) < 4.78 is 0. The van der Waals surface area contributed by atoms with E-state index in [0.717, 1.165) is 12.0 Å². The van der Waals surface area contributed by atoms with E-state index in [0.29, 0.717) is 5.92 Å². The molecule has 1 rings (SSSR count). The molecule has 2 heteroatoms. The summed E-state index contributed by atoms with van der Waals surface area (Å²) in [7, 11) is 0. The highest BCUT2D eigenvalue weighted by Gasteiger charge is 2.05. The quantitative estimate of drug-likeness (QED) is 0.764. The lowest BCUT2D eigenvalue weighted by molar-refractivity contribution is -0.131. The Morgan fingerprint density at radius 3 is 2.73 bits per heavy atom. The molecule has 1 unspecified atom stereocenters. The first-order valence-electron chi connectivity index (χ1n) is 5.15. The number of carboxylic acid groups (broad SMARTS) is 1. The SMILES string of the molecule is CCC(C)c1ccccc1C=CC(=O)O. The van der Waals surface area contributed by atoms with Crippen molar-refractivity contribution in [1.82, 2.24) is 0 Å². The lowest BCUT2D eigenvalue weighted by Gasteiger charge is -2.11. The average molecular weight is 204 g/mol. The Morgan fingerprint density at radius 1 is 1.47 bits per heavy atom. The predicted molar refractivity (Wildman–Crippen MR) is 61.8 cm³/mol. The summed E-state index contributed by atoms with van der Waals surface area (Å²) in [5.74, 6) is -0.450. The van der Waals surface area contributed by atoms with Gasteiger partial charge in [-0.2, -0.15) is 0 Å². The molecule has 0 radical (unpaired) electrons.